The molecule has 0 heterocycles. The number of rotatable bonds is 6. The molecule has 0 saturated carbocycles. The normalized spacial score (nSPS) is 11.8. The van der Waals surface area contributed by atoms with Crippen LogP contribution in [0.4, 0.5) is 0 Å². The average Bonchev–Trinajstić information content (AvgIpc) is 2.12. The highest BCUT2D eigenvalue weighted by molar-refractivity contribution is 5.70. The smallest absolute Gasteiger partial charge is 0.332 e. The molecule has 0 amide bonds. The molecular formula is C10H16O3. The largest absolute Gasteiger partial charge is 0.464 e. The first-order valence-electron chi connectivity index (χ1n) is 4.47. The lowest BCUT2D eigenvalue weighted by Gasteiger charge is -2.09. The SMILES string of the molecule is C#CC(CCC)OCC(=O)OCC. The first kappa shape index (κ1) is 12.0. The number of esters is 1. The van der Waals surface area contributed by atoms with Crippen LogP contribution < -0.4 is 0 Å². The molecule has 1 unspecified atom stereocenters. The molecule has 0 aliphatic rings. The summed E-state index contributed by atoms with van der Waals surface area (Å²) < 4.78 is 9.82. The molecule has 0 spiro atoms. The van der Waals surface area contributed by atoms with Gasteiger partial charge in [0.15, 0.2) is 0 Å². The van der Waals surface area contributed by atoms with Crippen LogP contribution in [0.5, 0.6) is 0 Å². The molecule has 0 N–H and O–H groups in total. The Morgan fingerprint density at radius 1 is 1.54 bits per heavy atom. The minimum Gasteiger partial charge on any atom is -0.464 e. The Morgan fingerprint density at radius 3 is 2.69 bits per heavy atom. The summed E-state index contributed by atoms with van der Waals surface area (Å²) in [5, 5.41) is 0. The van der Waals surface area contributed by atoms with Gasteiger partial charge in [0, 0.05) is 0 Å². The Kier molecular flexibility index (Phi) is 7.04. The maximum Gasteiger partial charge on any atom is 0.332 e. The van der Waals surface area contributed by atoms with Gasteiger partial charge in [-0.25, -0.2) is 4.79 Å². The zero-order valence-corrected chi connectivity index (χ0v) is 8.21. The molecule has 0 aliphatic heterocycles. The molecule has 74 valence electrons. The number of terminal acetylenes is 1. The predicted molar refractivity (Wildman–Crippen MR) is 50.1 cm³/mol. The van der Waals surface area contributed by atoms with Crippen molar-refractivity contribution >= 4 is 5.97 Å². The van der Waals surface area contributed by atoms with E-state index in [1.807, 2.05) is 6.92 Å². The standard InChI is InChI=1S/C10H16O3/c1-4-7-9(5-2)13-8-10(11)12-6-3/h2,9H,4,6-8H2,1,3H3. The monoisotopic (exact) mass is 184 g/mol. The molecule has 0 radical (unpaired) electrons. The van der Waals surface area contributed by atoms with E-state index in [2.05, 4.69) is 10.7 Å². The van der Waals surface area contributed by atoms with Crippen molar-refractivity contribution in [2.75, 3.05) is 13.2 Å². The highest BCUT2D eigenvalue weighted by Crippen LogP contribution is 2.00. The fraction of sp³-hybridized carbons (Fsp3) is 0.700. The van der Waals surface area contributed by atoms with Crippen molar-refractivity contribution in [2.45, 2.75) is 32.8 Å². The lowest BCUT2D eigenvalue weighted by molar-refractivity contribution is -0.149. The summed E-state index contributed by atoms with van der Waals surface area (Å²) in [6.07, 6.45) is 6.64. The maximum absolute atomic E-state index is 10.9. The topological polar surface area (TPSA) is 35.5 Å². The second-order valence-corrected chi connectivity index (χ2v) is 2.56. The average molecular weight is 184 g/mol. The number of carbonyl (C=O) groups is 1. The lowest BCUT2D eigenvalue weighted by atomic mass is 10.2. The van der Waals surface area contributed by atoms with Crippen molar-refractivity contribution in [1.82, 2.24) is 0 Å². The lowest BCUT2D eigenvalue weighted by Crippen LogP contribution is -2.18. The van der Waals surface area contributed by atoms with Crippen LogP contribution in [-0.2, 0) is 14.3 Å². The van der Waals surface area contributed by atoms with Gasteiger partial charge in [-0.05, 0) is 13.3 Å². The fourth-order valence-corrected chi connectivity index (χ4v) is 0.848. The first-order chi connectivity index (χ1) is 6.24. The van der Waals surface area contributed by atoms with Crippen molar-refractivity contribution in [1.29, 1.82) is 0 Å². The second kappa shape index (κ2) is 7.63. The van der Waals surface area contributed by atoms with Gasteiger partial charge in [-0.2, -0.15) is 0 Å². The van der Waals surface area contributed by atoms with Gasteiger partial charge < -0.3 is 9.47 Å². The minimum absolute atomic E-state index is 0.0529. The van der Waals surface area contributed by atoms with Crippen LogP contribution in [-0.4, -0.2) is 25.3 Å². The molecule has 13 heavy (non-hydrogen) atoms. The number of carbonyl (C=O) groups excluding carboxylic acids is 1. The summed E-state index contributed by atoms with van der Waals surface area (Å²) in [5.41, 5.74) is 0. The van der Waals surface area contributed by atoms with Crippen LogP contribution in [0, 0.1) is 12.3 Å². The fourth-order valence-electron chi connectivity index (χ4n) is 0.848. The summed E-state index contributed by atoms with van der Waals surface area (Å²) in [7, 11) is 0. The predicted octanol–water partition coefficient (Wildman–Crippen LogP) is 1.37. The molecule has 3 nitrogen and oxygen atoms in total. The Balaban J connectivity index is 3.60. The van der Waals surface area contributed by atoms with Crippen molar-refractivity contribution < 1.29 is 14.3 Å². The molecule has 0 bridgehead atoms. The van der Waals surface area contributed by atoms with Crippen molar-refractivity contribution in [3.05, 3.63) is 0 Å². The Hall–Kier alpha value is -1.01. The highest BCUT2D eigenvalue weighted by atomic mass is 16.6. The molecule has 1 atom stereocenters. The van der Waals surface area contributed by atoms with Crippen molar-refractivity contribution in [2.24, 2.45) is 0 Å². The summed E-state index contributed by atoms with van der Waals surface area (Å²) in [5.74, 6) is 2.11. The van der Waals surface area contributed by atoms with Crippen LogP contribution in [0.15, 0.2) is 0 Å². The van der Waals surface area contributed by atoms with E-state index >= 15 is 0 Å². The highest BCUT2D eigenvalue weighted by Gasteiger charge is 2.07. The minimum atomic E-state index is -0.362. The van der Waals surface area contributed by atoms with E-state index in [0.717, 1.165) is 12.8 Å². The van der Waals surface area contributed by atoms with E-state index in [1.165, 1.54) is 0 Å². The van der Waals surface area contributed by atoms with E-state index in [1.54, 1.807) is 6.92 Å². The van der Waals surface area contributed by atoms with Gasteiger partial charge in [-0.1, -0.05) is 19.3 Å². The maximum atomic E-state index is 10.9. The molecule has 0 rings (SSSR count). The van der Waals surface area contributed by atoms with Crippen LogP contribution in [0.25, 0.3) is 0 Å². The molecule has 0 saturated heterocycles. The van der Waals surface area contributed by atoms with E-state index in [0.29, 0.717) is 6.61 Å². The molecule has 0 aromatic rings. The van der Waals surface area contributed by atoms with E-state index < -0.39 is 0 Å². The zero-order valence-electron chi connectivity index (χ0n) is 8.21. The van der Waals surface area contributed by atoms with Crippen molar-refractivity contribution in [3.8, 4) is 12.3 Å². The first-order valence-corrected chi connectivity index (χ1v) is 4.47. The van der Waals surface area contributed by atoms with E-state index in [4.69, 9.17) is 11.2 Å². The Morgan fingerprint density at radius 2 is 2.23 bits per heavy atom. The Labute approximate surface area is 79.4 Å². The van der Waals surface area contributed by atoms with Crippen LogP contribution in [0.2, 0.25) is 0 Å². The van der Waals surface area contributed by atoms with Crippen molar-refractivity contribution in [3.63, 3.8) is 0 Å². The molecule has 3 heteroatoms. The summed E-state index contributed by atoms with van der Waals surface area (Å²) in [6, 6.07) is 0. The third-order valence-corrected chi connectivity index (χ3v) is 1.44. The third-order valence-electron chi connectivity index (χ3n) is 1.44. The molecule has 0 aromatic heterocycles. The molecule has 0 aromatic carbocycles. The summed E-state index contributed by atoms with van der Waals surface area (Å²) in [4.78, 5) is 10.9. The summed E-state index contributed by atoms with van der Waals surface area (Å²) in [6.45, 7) is 4.08. The number of ether oxygens (including phenoxy) is 2. The van der Waals surface area contributed by atoms with E-state index in [9.17, 15) is 4.79 Å². The third kappa shape index (κ3) is 6.18. The van der Waals surface area contributed by atoms with Gasteiger partial charge in [0.05, 0.1) is 6.61 Å². The van der Waals surface area contributed by atoms with Gasteiger partial charge in [-0.15, -0.1) is 6.42 Å². The van der Waals surface area contributed by atoms with Gasteiger partial charge >= 0.3 is 5.97 Å². The van der Waals surface area contributed by atoms with Gasteiger partial charge in [0.1, 0.15) is 12.7 Å². The molecular weight excluding hydrogens is 168 g/mol. The van der Waals surface area contributed by atoms with Crippen LogP contribution in [0.3, 0.4) is 0 Å². The summed E-state index contributed by atoms with van der Waals surface area (Å²) >= 11 is 0. The molecule has 0 aliphatic carbocycles. The van der Waals surface area contributed by atoms with Gasteiger partial charge in [-0.3, -0.25) is 0 Å². The Bertz CT molecular complexity index is 181. The van der Waals surface area contributed by atoms with Gasteiger partial charge in [0.2, 0.25) is 0 Å². The quantitative estimate of drug-likeness (QED) is 0.462. The van der Waals surface area contributed by atoms with Crippen LogP contribution >= 0.6 is 0 Å². The number of hydrogen-bond donors (Lipinski definition) is 0. The second-order valence-electron chi connectivity index (χ2n) is 2.56. The van der Waals surface area contributed by atoms with Crippen LogP contribution in [0.1, 0.15) is 26.7 Å². The van der Waals surface area contributed by atoms with E-state index in [-0.39, 0.29) is 18.7 Å². The zero-order chi connectivity index (χ0) is 10.1. The van der Waals surface area contributed by atoms with Gasteiger partial charge in [0.25, 0.3) is 0 Å². The molecule has 0 fully saturated rings. The number of hydrogen-bond acceptors (Lipinski definition) is 3.